The summed E-state index contributed by atoms with van der Waals surface area (Å²) in [5.41, 5.74) is 1.35. The number of thiazole rings is 1. The van der Waals surface area contributed by atoms with Crippen LogP contribution in [-0.4, -0.2) is 70.8 Å². The van der Waals surface area contributed by atoms with Crippen LogP contribution < -0.4 is 5.32 Å². The number of para-hydroxylation sites is 1. The fourth-order valence-corrected chi connectivity index (χ4v) is 7.30. The molecule has 2 amide bonds. The van der Waals surface area contributed by atoms with Gasteiger partial charge >= 0.3 is 5.97 Å². The number of ether oxygens (including phenoxy) is 2. The average molecular weight is 660 g/mol. The molecule has 1 aliphatic rings. The van der Waals surface area contributed by atoms with Gasteiger partial charge in [0.1, 0.15) is 10.5 Å². The zero-order valence-corrected chi connectivity index (χ0v) is 26.8. The summed E-state index contributed by atoms with van der Waals surface area (Å²) in [5.74, 6) is -1.45. The maximum absolute atomic E-state index is 13.9. The van der Waals surface area contributed by atoms with Gasteiger partial charge in [0, 0.05) is 67.4 Å². The zero-order chi connectivity index (χ0) is 31.6. The van der Waals surface area contributed by atoms with E-state index in [9.17, 15) is 14.4 Å². The highest BCUT2D eigenvalue weighted by Crippen LogP contribution is 2.43. The third-order valence-electron chi connectivity index (χ3n) is 7.89. The summed E-state index contributed by atoms with van der Waals surface area (Å²) in [6, 6.07) is 10.7. The van der Waals surface area contributed by atoms with E-state index >= 15 is 0 Å². The lowest BCUT2D eigenvalue weighted by atomic mass is 9.96. The number of methoxy groups -OCH3 is 2. The molecule has 2 aromatic heterocycles. The van der Waals surface area contributed by atoms with E-state index < -0.39 is 11.5 Å². The molecule has 2 atom stereocenters. The number of benzene rings is 2. The lowest BCUT2D eigenvalue weighted by molar-refractivity contribution is -0.138. The number of aliphatic carboxylic acids is 1. The summed E-state index contributed by atoms with van der Waals surface area (Å²) in [6.07, 6.45) is 3.89. The lowest BCUT2D eigenvalue weighted by Crippen LogP contribution is -2.48. The maximum Gasteiger partial charge on any atom is 0.303 e. The Morgan fingerprint density at radius 3 is 2.68 bits per heavy atom. The molecule has 232 valence electrons. The molecule has 2 N–H and O–H groups in total. The Balaban J connectivity index is 1.38. The van der Waals surface area contributed by atoms with Gasteiger partial charge in [-0.3, -0.25) is 14.4 Å². The molecule has 1 fully saturated rings. The van der Waals surface area contributed by atoms with Gasteiger partial charge in [0.05, 0.1) is 41.8 Å². The monoisotopic (exact) mass is 658 g/mol. The van der Waals surface area contributed by atoms with Gasteiger partial charge in [-0.25, -0.2) is 4.98 Å². The Kier molecular flexibility index (Phi) is 9.62. The van der Waals surface area contributed by atoms with Gasteiger partial charge in [0.25, 0.3) is 5.91 Å². The van der Waals surface area contributed by atoms with Crippen molar-refractivity contribution in [1.29, 1.82) is 0 Å². The number of nitrogens with one attached hydrogen (secondary N) is 1. The summed E-state index contributed by atoms with van der Waals surface area (Å²) >= 11 is 14.6. The molecule has 3 heterocycles. The van der Waals surface area contributed by atoms with Crippen LogP contribution >= 0.6 is 34.5 Å². The molecular formula is C31H32Cl2N4O6S. The first-order valence-corrected chi connectivity index (χ1v) is 15.5. The highest BCUT2D eigenvalue weighted by atomic mass is 35.5. The molecule has 0 unspecified atom stereocenters. The highest BCUT2D eigenvalue weighted by Gasteiger charge is 2.51. The molecule has 0 aliphatic carbocycles. The van der Waals surface area contributed by atoms with Crippen molar-refractivity contribution in [3.63, 3.8) is 0 Å². The minimum absolute atomic E-state index is 0.0140. The molecule has 10 nitrogen and oxygen atoms in total. The van der Waals surface area contributed by atoms with Crippen molar-refractivity contribution in [2.75, 3.05) is 32.7 Å². The predicted molar refractivity (Wildman–Crippen MR) is 170 cm³/mol. The second-order valence-electron chi connectivity index (χ2n) is 10.8. The maximum atomic E-state index is 13.9. The average Bonchev–Trinajstić information content (AvgIpc) is 3.71. The first-order chi connectivity index (χ1) is 21.1. The summed E-state index contributed by atoms with van der Waals surface area (Å²) < 4.78 is 13.2. The number of likely N-dealkylation sites (tertiary alicyclic amines) is 1. The number of aryl methyl sites for hydroxylation is 2. The molecule has 0 saturated carbocycles. The number of fused-ring (bicyclic) bond motifs is 1. The van der Waals surface area contributed by atoms with E-state index in [1.54, 1.807) is 43.6 Å². The van der Waals surface area contributed by atoms with Gasteiger partial charge in [-0.15, -0.1) is 11.3 Å². The van der Waals surface area contributed by atoms with Crippen molar-refractivity contribution in [3.8, 4) is 0 Å². The number of carbonyl (C=O) groups is 3. The van der Waals surface area contributed by atoms with E-state index in [4.69, 9.17) is 37.8 Å². The summed E-state index contributed by atoms with van der Waals surface area (Å²) in [7, 11) is 5.03. The molecule has 1 aliphatic heterocycles. The number of aromatic nitrogens is 2. The molecule has 5 rings (SSSR count). The van der Waals surface area contributed by atoms with Crippen molar-refractivity contribution in [3.05, 3.63) is 79.8 Å². The largest absolute Gasteiger partial charge is 0.481 e. The topological polar surface area (TPSA) is 123 Å². The Morgan fingerprint density at radius 2 is 1.95 bits per heavy atom. The van der Waals surface area contributed by atoms with Crippen LogP contribution in [0, 0.1) is 0 Å². The third-order valence-corrected chi connectivity index (χ3v) is 9.81. The van der Waals surface area contributed by atoms with Gasteiger partial charge < -0.3 is 29.4 Å². The van der Waals surface area contributed by atoms with Gasteiger partial charge in [0.2, 0.25) is 5.91 Å². The van der Waals surface area contributed by atoms with Crippen LogP contribution in [0.4, 0.5) is 5.69 Å². The number of hydrogen-bond acceptors (Lipinski definition) is 7. The SMILES string of the molecule is COC[C@@]1(c2ncc(CCC(=O)O)s2)C[C@H](OC)CN1C(=O)Cc1cc(Cl)c(NC(=O)c2cn(C)c3ccccc23)cc1Cl. The molecular weight excluding hydrogens is 627 g/mol. The second kappa shape index (κ2) is 13.3. The van der Waals surface area contributed by atoms with Crippen LogP contribution in [-0.2, 0) is 44.5 Å². The van der Waals surface area contributed by atoms with Crippen LogP contribution in [0.3, 0.4) is 0 Å². The molecule has 13 heteroatoms. The molecule has 0 radical (unpaired) electrons. The smallest absolute Gasteiger partial charge is 0.303 e. The number of carboxylic acids is 1. The van der Waals surface area contributed by atoms with E-state index in [0.717, 1.165) is 15.8 Å². The predicted octanol–water partition coefficient (Wildman–Crippen LogP) is 5.54. The van der Waals surface area contributed by atoms with Crippen LogP contribution in [0.2, 0.25) is 10.0 Å². The Labute approximate surface area is 268 Å². The normalized spacial score (nSPS) is 18.2. The van der Waals surface area contributed by atoms with Crippen molar-refractivity contribution < 1.29 is 29.0 Å². The van der Waals surface area contributed by atoms with Crippen LogP contribution in [0.25, 0.3) is 10.9 Å². The minimum Gasteiger partial charge on any atom is -0.481 e. The molecule has 0 bridgehead atoms. The molecule has 44 heavy (non-hydrogen) atoms. The number of rotatable bonds is 11. The van der Waals surface area contributed by atoms with Gasteiger partial charge in [0.15, 0.2) is 0 Å². The van der Waals surface area contributed by atoms with Gasteiger partial charge in [-0.2, -0.15) is 0 Å². The van der Waals surface area contributed by atoms with Crippen LogP contribution in [0.1, 0.15) is 38.6 Å². The number of anilines is 1. The molecule has 1 saturated heterocycles. The fraction of sp³-hybridized carbons (Fsp3) is 0.355. The summed E-state index contributed by atoms with van der Waals surface area (Å²) in [4.78, 5) is 45.3. The number of nitrogens with zero attached hydrogens (tertiary/aromatic N) is 3. The standard InChI is InChI=1S/C31H32Cl2N4O6S/c1-36-16-22(21-6-4-5-7-26(21)36)29(41)35-25-12-23(32)18(10-24(25)33)11-27(38)37-15-19(43-3)13-31(37,17-42-2)30-34-14-20(44-30)8-9-28(39)40/h4-7,10,12,14,16,19H,8-9,11,13,15,17H2,1-3H3,(H,35,41)(H,39,40)/t19-,31+/m0/s1. The number of carboxylic acid groups (broad SMARTS) is 1. The fourth-order valence-electron chi connectivity index (χ4n) is 5.73. The first-order valence-electron chi connectivity index (χ1n) is 13.9. The molecule has 2 aromatic carbocycles. The van der Waals surface area contributed by atoms with Gasteiger partial charge in [-0.1, -0.05) is 41.4 Å². The van der Waals surface area contributed by atoms with Gasteiger partial charge in [-0.05, 0) is 30.2 Å². The number of carbonyl (C=O) groups excluding carboxylic acids is 2. The number of halogens is 2. The van der Waals surface area contributed by atoms with E-state index in [0.29, 0.717) is 41.2 Å². The second-order valence-corrected chi connectivity index (χ2v) is 12.7. The van der Waals surface area contributed by atoms with E-state index in [1.807, 2.05) is 35.9 Å². The Morgan fingerprint density at radius 1 is 1.18 bits per heavy atom. The van der Waals surface area contributed by atoms with Crippen LogP contribution in [0.5, 0.6) is 0 Å². The third kappa shape index (κ3) is 6.33. The molecule has 0 spiro atoms. The molecule has 4 aromatic rings. The first kappa shape index (κ1) is 31.9. The van der Waals surface area contributed by atoms with Crippen molar-refractivity contribution >= 4 is 68.9 Å². The Bertz CT molecular complexity index is 1720. The van der Waals surface area contributed by atoms with E-state index in [1.165, 1.54) is 11.3 Å². The zero-order valence-electron chi connectivity index (χ0n) is 24.4. The number of hydrogen-bond donors (Lipinski definition) is 2. The van der Waals surface area contributed by atoms with Crippen molar-refractivity contribution in [1.82, 2.24) is 14.5 Å². The quantitative estimate of drug-likeness (QED) is 0.217. The summed E-state index contributed by atoms with van der Waals surface area (Å²) in [6.45, 7) is 0.491. The van der Waals surface area contributed by atoms with Crippen LogP contribution in [0.15, 0.2) is 48.8 Å². The van der Waals surface area contributed by atoms with Crippen molar-refractivity contribution in [2.45, 2.75) is 37.3 Å². The van der Waals surface area contributed by atoms with Crippen molar-refractivity contribution in [2.24, 2.45) is 7.05 Å². The summed E-state index contributed by atoms with van der Waals surface area (Å²) in [5, 5.41) is 13.9. The Hall–Kier alpha value is -3.48. The van der Waals surface area contributed by atoms with E-state index in [2.05, 4.69) is 10.3 Å². The lowest BCUT2D eigenvalue weighted by Gasteiger charge is -2.36. The highest BCUT2D eigenvalue weighted by molar-refractivity contribution is 7.11. The minimum atomic E-state index is -0.901. The number of amides is 2. The van der Waals surface area contributed by atoms with E-state index in [-0.39, 0.29) is 47.4 Å².